The fourth-order valence-corrected chi connectivity index (χ4v) is 3.59. The second kappa shape index (κ2) is 9.13. The molecule has 1 aromatic carbocycles. The Morgan fingerprint density at radius 2 is 1.97 bits per heavy atom. The molecule has 6 nitrogen and oxygen atoms in total. The Labute approximate surface area is 180 Å². The highest BCUT2D eigenvalue weighted by Crippen LogP contribution is 2.33. The number of amides is 1. The first kappa shape index (κ1) is 21.6. The number of benzene rings is 1. The average molecular weight is 427 g/mol. The lowest BCUT2D eigenvalue weighted by Crippen LogP contribution is -2.31. The molecule has 2 heterocycles. The van der Waals surface area contributed by atoms with E-state index in [0.717, 1.165) is 12.0 Å². The van der Waals surface area contributed by atoms with Crippen LogP contribution in [0.1, 0.15) is 52.6 Å². The van der Waals surface area contributed by atoms with Crippen LogP contribution in [-0.2, 0) is 11.2 Å². The zero-order valence-electron chi connectivity index (χ0n) is 16.7. The molecule has 0 unspecified atom stereocenters. The first-order chi connectivity index (χ1) is 14.3. The fourth-order valence-electron chi connectivity index (χ4n) is 3.46. The Balaban J connectivity index is 2.15. The Bertz CT molecular complexity index is 1030. The van der Waals surface area contributed by atoms with Crippen molar-refractivity contribution in [3.8, 4) is 5.75 Å². The molecule has 7 heteroatoms. The lowest BCUT2D eigenvalue weighted by atomic mass is 9.96. The molecular formula is C23H23ClN2O4. The van der Waals surface area contributed by atoms with E-state index >= 15 is 0 Å². The molecule has 0 radical (unpaired) electrons. The minimum Gasteiger partial charge on any atom is -0.505 e. The van der Waals surface area contributed by atoms with Crippen LogP contribution in [0, 0.1) is 0 Å². The van der Waals surface area contributed by atoms with Crippen molar-refractivity contribution in [2.24, 2.45) is 0 Å². The number of nitrogens with zero attached hydrogens (tertiary/aromatic N) is 2. The summed E-state index contributed by atoms with van der Waals surface area (Å²) < 4.78 is 0. The number of rotatable bonds is 3. The first-order valence-corrected chi connectivity index (χ1v) is 9.99. The summed E-state index contributed by atoms with van der Waals surface area (Å²) >= 11 is 5.93. The number of fused-ring (bicyclic) bond motifs is 1. The van der Waals surface area contributed by atoms with Crippen molar-refractivity contribution in [1.29, 1.82) is 0 Å². The maximum atomic E-state index is 12.0. The van der Waals surface area contributed by atoms with Crippen molar-refractivity contribution in [3.63, 3.8) is 0 Å². The molecule has 0 saturated heterocycles. The van der Waals surface area contributed by atoms with Crippen LogP contribution in [0.4, 0.5) is 0 Å². The van der Waals surface area contributed by atoms with Crippen molar-refractivity contribution in [1.82, 2.24) is 9.88 Å². The van der Waals surface area contributed by atoms with Crippen LogP contribution in [-0.4, -0.2) is 45.1 Å². The molecule has 30 heavy (non-hydrogen) atoms. The van der Waals surface area contributed by atoms with E-state index in [2.05, 4.69) is 11.6 Å². The number of aromatic nitrogens is 1. The molecule has 0 spiro atoms. The number of carbonyl (C=O) groups excluding carboxylic acids is 1. The topological polar surface area (TPSA) is 90.7 Å². The van der Waals surface area contributed by atoms with Crippen LogP contribution in [0.5, 0.6) is 5.75 Å². The molecule has 0 bridgehead atoms. The van der Waals surface area contributed by atoms with Gasteiger partial charge in [0.1, 0.15) is 5.56 Å². The summed E-state index contributed by atoms with van der Waals surface area (Å²) in [4.78, 5) is 30.3. The number of carbonyl (C=O) groups is 2. The van der Waals surface area contributed by atoms with Gasteiger partial charge in [0.05, 0.1) is 11.4 Å². The van der Waals surface area contributed by atoms with Crippen molar-refractivity contribution in [2.75, 3.05) is 13.1 Å². The van der Waals surface area contributed by atoms with E-state index in [0.29, 0.717) is 34.8 Å². The predicted octanol–water partition coefficient (Wildman–Crippen LogP) is 4.40. The minimum absolute atomic E-state index is 0.0825. The summed E-state index contributed by atoms with van der Waals surface area (Å²) in [5.74, 6) is -1.70. The van der Waals surface area contributed by atoms with Gasteiger partial charge in [0.15, 0.2) is 5.75 Å². The molecule has 2 aromatic rings. The Hall–Kier alpha value is -3.12. The van der Waals surface area contributed by atoms with Gasteiger partial charge in [-0.05, 0) is 36.1 Å². The quantitative estimate of drug-likeness (QED) is 0.759. The molecule has 2 N–H and O–H groups in total. The van der Waals surface area contributed by atoms with Crippen molar-refractivity contribution < 1.29 is 19.8 Å². The first-order valence-electron chi connectivity index (χ1n) is 9.61. The number of aromatic hydroxyl groups is 1. The lowest BCUT2D eigenvalue weighted by molar-refractivity contribution is -0.128. The van der Waals surface area contributed by atoms with Crippen LogP contribution in [0.15, 0.2) is 36.9 Å². The third-order valence-corrected chi connectivity index (χ3v) is 5.28. The molecule has 0 saturated carbocycles. The standard InChI is InChI=1S/C23H23ClN2O4/c1-14-13-26(15(2)27)11-5-3-4-6-18-20(23(29)30)22(28)19(25-21(14)18)12-16-7-9-17(24)10-8-16/h4,6-10,28H,1,3,5,11-13H2,2H3,(H,29,30)/b6-4-. The van der Waals surface area contributed by atoms with E-state index in [-0.39, 0.29) is 35.9 Å². The average Bonchev–Trinajstić information content (AvgIpc) is 2.69. The molecule has 1 aliphatic heterocycles. The summed E-state index contributed by atoms with van der Waals surface area (Å²) in [6.07, 6.45) is 5.15. The van der Waals surface area contributed by atoms with Gasteiger partial charge < -0.3 is 15.1 Å². The number of carboxylic acids is 1. The SMILES string of the molecule is C=C1CN(C(C)=O)CCC/C=C\c2c1nc(Cc1ccc(Cl)cc1)c(O)c2C(=O)O. The number of allylic oxidation sites excluding steroid dienone is 1. The number of hydrogen-bond donors (Lipinski definition) is 2. The minimum atomic E-state index is -1.25. The van der Waals surface area contributed by atoms with Gasteiger partial charge in [-0.2, -0.15) is 0 Å². The summed E-state index contributed by atoms with van der Waals surface area (Å²) in [6.45, 7) is 6.39. The molecule has 1 aliphatic rings. The van der Waals surface area contributed by atoms with Crippen molar-refractivity contribution >= 4 is 35.1 Å². The van der Waals surface area contributed by atoms with E-state index in [1.807, 2.05) is 6.08 Å². The molecule has 156 valence electrons. The summed E-state index contributed by atoms with van der Waals surface area (Å²) in [5, 5.41) is 21.2. The van der Waals surface area contributed by atoms with Gasteiger partial charge in [0.2, 0.25) is 5.91 Å². The number of halogens is 1. The van der Waals surface area contributed by atoms with Gasteiger partial charge in [0.25, 0.3) is 0 Å². The molecule has 3 rings (SSSR count). The van der Waals surface area contributed by atoms with Crippen LogP contribution >= 0.6 is 11.6 Å². The maximum absolute atomic E-state index is 12.0. The highest BCUT2D eigenvalue weighted by atomic mass is 35.5. The molecular weight excluding hydrogens is 404 g/mol. The second-order valence-corrected chi connectivity index (χ2v) is 7.68. The largest absolute Gasteiger partial charge is 0.505 e. The smallest absolute Gasteiger partial charge is 0.340 e. The van der Waals surface area contributed by atoms with Gasteiger partial charge in [-0.25, -0.2) is 9.78 Å². The van der Waals surface area contributed by atoms with Gasteiger partial charge >= 0.3 is 5.97 Å². The predicted molar refractivity (Wildman–Crippen MR) is 117 cm³/mol. The van der Waals surface area contributed by atoms with E-state index < -0.39 is 5.97 Å². The lowest BCUT2D eigenvalue weighted by Gasteiger charge is -2.24. The summed E-state index contributed by atoms with van der Waals surface area (Å²) in [5.41, 5.74) is 2.04. The molecule has 0 aliphatic carbocycles. The van der Waals surface area contributed by atoms with Gasteiger partial charge in [0, 0.05) is 37.0 Å². The zero-order valence-corrected chi connectivity index (χ0v) is 17.4. The second-order valence-electron chi connectivity index (χ2n) is 7.24. The fraction of sp³-hybridized carbons (Fsp3) is 0.261. The number of carboxylic acid groups (broad SMARTS) is 1. The summed E-state index contributed by atoms with van der Waals surface area (Å²) in [6, 6.07) is 7.03. The summed E-state index contributed by atoms with van der Waals surface area (Å²) in [7, 11) is 0. The highest BCUT2D eigenvalue weighted by Gasteiger charge is 2.25. The molecule has 1 aromatic heterocycles. The third-order valence-electron chi connectivity index (χ3n) is 5.03. The normalized spacial score (nSPS) is 15.4. The van der Waals surface area contributed by atoms with E-state index in [1.165, 1.54) is 6.92 Å². The number of hydrogen-bond acceptors (Lipinski definition) is 4. The monoisotopic (exact) mass is 426 g/mol. The van der Waals surface area contributed by atoms with Crippen molar-refractivity contribution in [3.05, 3.63) is 70.0 Å². The van der Waals surface area contributed by atoms with Gasteiger partial charge in [-0.3, -0.25) is 4.79 Å². The van der Waals surface area contributed by atoms with Crippen LogP contribution < -0.4 is 0 Å². The molecule has 0 atom stereocenters. The number of aromatic carboxylic acids is 1. The maximum Gasteiger partial charge on any atom is 0.340 e. The Kier molecular flexibility index (Phi) is 6.57. The van der Waals surface area contributed by atoms with Crippen LogP contribution in [0.25, 0.3) is 11.6 Å². The van der Waals surface area contributed by atoms with E-state index in [4.69, 9.17) is 11.6 Å². The van der Waals surface area contributed by atoms with E-state index in [9.17, 15) is 19.8 Å². The Morgan fingerprint density at radius 3 is 2.60 bits per heavy atom. The van der Waals surface area contributed by atoms with Crippen LogP contribution in [0.3, 0.4) is 0 Å². The highest BCUT2D eigenvalue weighted by molar-refractivity contribution is 6.30. The Morgan fingerprint density at radius 1 is 1.27 bits per heavy atom. The zero-order chi connectivity index (χ0) is 21.8. The van der Waals surface area contributed by atoms with Crippen molar-refractivity contribution in [2.45, 2.75) is 26.2 Å². The van der Waals surface area contributed by atoms with Gasteiger partial charge in [-0.1, -0.05) is 42.5 Å². The van der Waals surface area contributed by atoms with Gasteiger partial charge in [-0.15, -0.1) is 0 Å². The third kappa shape index (κ3) is 4.71. The van der Waals surface area contributed by atoms with Crippen LogP contribution in [0.2, 0.25) is 5.02 Å². The molecule has 1 amide bonds. The molecule has 0 fully saturated rings. The number of pyridine rings is 1. The van der Waals surface area contributed by atoms with E-state index in [1.54, 1.807) is 35.2 Å².